The van der Waals surface area contributed by atoms with Crippen molar-refractivity contribution in [3.63, 3.8) is 0 Å². The third kappa shape index (κ3) is 5.01. The molecule has 1 aromatic heterocycles. The molecule has 1 saturated heterocycles. The van der Waals surface area contributed by atoms with Crippen molar-refractivity contribution in [1.29, 1.82) is 0 Å². The average Bonchev–Trinajstić information content (AvgIpc) is 3.52. The first kappa shape index (κ1) is 24.7. The zero-order valence-corrected chi connectivity index (χ0v) is 21.5. The van der Waals surface area contributed by atoms with E-state index in [1.807, 2.05) is 30.3 Å². The van der Waals surface area contributed by atoms with E-state index in [1.165, 1.54) is 20.9 Å². The lowest BCUT2D eigenvalue weighted by Crippen LogP contribution is -2.57. The number of ether oxygens (including phenoxy) is 1. The van der Waals surface area contributed by atoms with Gasteiger partial charge in [0.25, 0.3) is 5.91 Å². The van der Waals surface area contributed by atoms with Crippen LogP contribution in [-0.4, -0.2) is 68.9 Å². The van der Waals surface area contributed by atoms with Crippen LogP contribution in [0.5, 0.6) is 0 Å². The molecule has 2 aromatic carbocycles. The number of imidazole rings is 1. The number of fused-ring (bicyclic) bond motifs is 1. The van der Waals surface area contributed by atoms with Crippen molar-refractivity contribution in [2.75, 3.05) is 19.6 Å². The Morgan fingerprint density at radius 3 is 2.24 bits per heavy atom. The molecule has 1 atom stereocenters. The maximum absolute atomic E-state index is 13.9. The van der Waals surface area contributed by atoms with E-state index < -0.39 is 17.7 Å². The smallest absolute Gasteiger partial charge is 0.410 e. The summed E-state index contributed by atoms with van der Waals surface area (Å²) in [5.41, 5.74) is 3.95. The van der Waals surface area contributed by atoms with Gasteiger partial charge in [-0.2, -0.15) is 0 Å². The minimum absolute atomic E-state index is 0.0868. The average molecular weight is 501 g/mol. The van der Waals surface area contributed by atoms with Gasteiger partial charge in [-0.1, -0.05) is 54.6 Å². The standard InChI is InChI=1S/C29H32N4O4/c1-29(2,3)37-28(36)31-13-14-32(24(17-31)18-34)27(35)25-26(20-9-5-4-6-10-20)33(19-30-25)23-15-21-11-7-8-12-22(21)16-23/h4-12,18-19,23-24H,13-17H2,1-3H3/t24-/m0/s1. The molecule has 5 rings (SSSR count). The van der Waals surface area contributed by atoms with Crippen molar-refractivity contribution in [2.24, 2.45) is 0 Å². The number of rotatable bonds is 4. The first-order chi connectivity index (χ1) is 17.7. The van der Waals surface area contributed by atoms with Gasteiger partial charge in [0.05, 0.1) is 18.6 Å². The van der Waals surface area contributed by atoms with Crippen molar-refractivity contribution in [1.82, 2.24) is 19.4 Å². The fourth-order valence-corrected chi connectivity index (χ4v) is 5.22. The maximum atomic E-state index is 13.9. The number of amides is 2. The Kier molecular flexibility index (Phi) is 6.58. The molecular weight excluding hydrogens is 468 g/mol. The van der Waals surface area contributed by atoms with Crippen LogP contribution in [0, 0.1) is 0 Å². The molecule has 0 N–H and O–H groups in total. The van der Waals surface area contributed by atoms with E-state index in [9.17, 15) is 14.4 Å². The van der Waals surface area contributed by atoms with Gasteiger partial charge < -0.3 is 23.9 Å². The molecule has 1 fully saturated rings. The van der Waals surface area contributed by atoms with Gasteiger partial charge in [-0.05, 0) is 44.7 Å². The quantitative estimate of drug-likeness (QED) is 0.503. The van der Waals surface area contributed by atoms with Crippen LogP contribution in [0.15, 0.2) is 60.9 Å². The largest absolute Gasteiger partial charge is 0.444 e. The summed E-state index contributed by atoms with van der Waals surface area (Å²) in [6.45, 7) is 5.98. The van der Waals surface area contributed by atoms with Crippen LogP contribution < -0.4 is 0 Å². The second kappa shape index (κ2) is 9.84. The molecule has 3 aromatic rings. The third-order valence-electron chi connectivity index (χ3n) is 6.95. The van der Waals surface area contributed by atoms with Crippen molar-refractivity contribution < 1.29 is 19.1 Å². The first-order valence-electron chi connectivity index (χ1n) is 12.7. The Labute approximate surface area is 216 Å². The Morgan fingerprint density at radius 1 is 0.973 bits per heavy atom. The maximum Gasteiger partial charge on any atom is 0.410 e. The summed E-state index contributed by atoms with van der Waals surface area (Å²) in [4.78, 5) is 46.1. The SMILES string of the molecule is CC(C)(C)OC(=O)N1CCN(C(=O)c2ncn(C3Cc4ccccc4C3)c2-c2ccccc2)[C@H](C=O)C1. The van der Waals surface area contributed by atoms with E-state index in [4.69, 9.17) is 4.74 Å². The predicted molar refractivity (Wildman–Crippen MR) is 139 cm³/mol. The molecule has 0 unspecified atom stereocenters. The molecular formula is C29H32N4O4. The Balaban J connectivity index is 1.43. The number of nitrogens with zero attached hydrogens (tertiary/aromatic N) is 4. The first-order valence-corrected chi connectivity index (χ1v) is 12.7. The Morgan fingerprint density at radius 2 is 1.62 bits per heavy atom. The predicted octanol–water partition coefficient (Wildman–Crippen LogP) is 4.15. The third-order valence-corrected chi connectivity index (χ3v) is 6.95. The molecule has 2 heterocycles. The lowest BCUT2D eigenvalue weighted by molar-refractivity contribution is -0.113. The molecule has 2 aliphatic rings. The summed E-state index contributed by atoms with van der Waals surface area (Å²) in [6, 6.07) is 17.6. The minimum Gasteiger partial charge on any atom is -0.444 e. The molecule has 0 saturated carbocycles. The molecule has 37 heavy (non-hydrogen) atoms. The van der Waals surface area contributed by atoms with Crippen LogP contribution >= 0.6 is 0 Å². The highest BCUT2D eigenvalue weighted by Crippen LogP contribution is 2.35. The van der Waals surface area contributed by atoms with Gasteiger partial charge in [-0.25, -0.2) is 9.78 Å². The number of carbonyl (C=O) groups is 3. The molecule has 0 bridgehead atoms. The normalized spacial score (nSPS) is 18.0. The molecule has 0 spiro atoms. The van der Waals surface area contributed by atoms with E-state index in [-0.39, 0.29) is 31.6 Å². The molecule has 2 amide bonds. The van der Waals surface area contributed by atoms with E-state index in [0.717, 1.165) is 30.4 Å². The lowest BCUT2D eigenvalue weighted by atomic mass is 10.1. The highest BCUT2D eigenvalue weighted by Gasteiger charge is 2.37. The summed E-state index contributed by atoms with van der Waals surface area (Å²) in [5.74, 6) is -0.311. The molecule has 0 radical (unpaired) electrons. The van der Waals surface area contributed by atoms with Crippen LogP contribution in [0.3, 0.4) is 0 Å². The minimum atomic E-state index is -0.779. The van der Waals surface area contributed by atoms with Crippen LogP contribution in [-0.2, 0) is 22.4 Å². The molecule has 8 nitrogen and oxygen atoms in total. The summed E-state index contributed by atoms with van der Waals surface area (Å²) in [7, 11) is 0. The topological polar surface area (TPSA) is 84.7 Å². The van der Waals surface area contributed by atoms with Crippen molar-refractivity contribution >= 4 is 18.3 Å². The highest BCUT2D eigenvalue weighted by molar-refractivity contribution is 5.99. The van der Waals surface area contributed by atoms with Crippen molar-refractivity contribution in [3.8, 4) is 11.3 Å². The lowest BCUT2D eigenvalue weighted by Gasteiger charge is -2.39. The van der Waals surface area contributed by atoms with Crippen molar-refractivity contribution in [3.05, 3.63) is 77.7 Å². The molecule has 1 aliphatic heterocycles. The number of hydrogen-bond acceptors (Lipinski definition) is 5. The molecule has 192 valence electrons. The van der Waals surface area contributed by atoms with Crippen molar-refractivity contribution in [2.45, 2.75) is 51.3 Å². The number of aromatic nitrogens is 2. The van der Waals surface area contributed by atoms with Crippen LogP contribution in [0.4, 0.5) is 4.79 Å². The Bertz CT molecular complexity index is 1290. The molecule has 1 aliphatic carbocycles. The number of hydrogen-bond donors (Lipinski definition) is 0. The van der Waals surface area contributed by atoms with Crippen LogP contribution in [0.1, 0.15) is 48.4 Å². The number of carbonyl (C=O) groups excluding carboxylic acids is 3. The zero-order chi connectivity index (χ0) is 26.2. The van der Waals surface area contributed by atoms with Gasteiger partial charge in [0.2, 0.25) is 0 Å². The summed E-state index contributed by atoms with van der Waals surface area (Å²) in [5, 5.41) is 0. The zero-order valence-electron chi connectivity index (χ0n) is 21.5. The van der Waals surface area contributed by atoms with E-state index in [1.54, 1.807) is 27.1 Å². The van der Waals surface area contributed by atoms with Gasteiger partial charge in [-0.3, -0.25) is 4.79 Å². The number of piperazine rings is 1. The van der Waals surface area contributed by atoms with Gasteiger partial charge in [0.1, 0.15) is 17.9 Å². The van der Waals surface area contributed by atoms with Gasteiger partial charge >= 0.3 is 6.09 Å². The monoisotopic (exact) mass is 500 g/mol. The molecule has 8 heteroatoms. The summed E-state index contributed by atoms with van der Waals surface area (Å²) in [6.07, 6.45) is 3.72. The van der Waals surface area contributed by atoms with E-state index in [0.29, 0.717) is 5.69 Å². The second-order valence-electron chi connectivity index (χ2n) is 10.7. The number of benzene rings is 2. The van der Waals surface area contributed by atoms with Gasteiger partial charge in [0.15, 0.2) is 5.69 Å². The number of aldehydes is 1. The summed E-state index contributed by atoms with van der Waals surface area (Å²) < 4.78 is 7.57. The fourth-order valence-electron chi connectivity index (χ4n) is 5.22. The van der Waals surface area contributed by atoms with Gasteiger partial charge in [-0.15, -0.1) is 0 Å². The van der Waals surface area contributed by atoms with Crippen LogP contribution in [0.25, 0.3) is 11.3 Å². The second-order valence-corrected chi connectivity index (χ2v) is 10.7. The Hall–Kier alpha value is -3.94. The fraction of sp³-hybridized carbons (Fsp3) is 0.379. The summed E-state index contributed by atoms with van der Waals surface area (Å²) >= 11 is 0. The van der Waals surface area contributed by atoms with E-state index in [2.05, 4.69) is 33.8 Å². The van der Waals surface area contributed by atoms with Gasteiger partial charge in [0, 0.05) is 24.7 Å². The highest BCUT2D eigenvalue weighted by atomic mass is 16.6. The van der Waals surface area contributed by atoms with Crippen LogP contribution in [0.2, 0.25) is 0 Å². The van der Waals surface area contributed by atoms with E-state index >= 15 is 0 Å².